The topological polar surface area (TPSA) is 52.6 Å². The van der Waals surface area contributed by atoms with Crippen LogP contribution in [-0.4, -0.2) is 36.5 Å². The highest BCUT2D eigenvalue weighted by Gasteiger charge is 2.80. The van der Waals surface area contributed by atoms with Crippen molar-refractivity contribution >= 4 is 11.9 Å². The molecule has 4 nitrogen and oxygen atoms in total. The third kappa shape index (κ3) is 4.14. The van der Waals surface area contributed by atoms with Crippen molar-refractivity contribution in [3.8, 4) is 0 Å². The number of rotatable bonds is 5. The molecule has 0 fully saturated rings. The van der Waals surface area contributed by atoms with E-state index in [1.54, 1.807) is 0 Å². The van der Waals surface area contributed by atoms with Gasteiger partial charge in [0.25, 0.3) is 0 Å². The molecule has 0 aliphatic carbocycles. The number of carbonyl (C=O) groups is 2. The summed E-state index contributed by atoms with van der Waals surface area (Å²) in [6.07, 6.45) is -12.5. The van der Waals surface area contributed by atoms with Gasteiger partial charge in [-0.1, -0.05) is 20.4 Å². The van der Waals surface area contributed by atoms with Crippen molar-refractivity contribution in [2.45, 2.75) is 38.7 Å². The van der Waals surface area contributed by atoms with Crippen LogP contribution in [-0.2, 0) is 19.1 Å². The summed E-state index contributed by atoms with van der Waals surface area (Å²) in [5.74, 6) is -5.30. The van der Waals surface area contributed by atoms with Crippen LogP contribution in [0.4, 0.5) is 26.3 Å². The van der Waals surface area contributed by atoms with E-state index >= 15 is 0 Å². The van der Waals surface area contributed by atoms with Gasteiger partial charge in [-0.05, 0) is 12.8 Å². The Morgan fingerprint density at radius 2 is 1.45 bits per heavy atom. The molecule has 0 radical (unpaired) electrons. The van der Waals surface area contributed by atoms with Gasteiger partial charge in [0, 0.05) is 5.57 Å². The summed E-state index contributed by atoms with van der Waals surface area (Å²) in [4.78, 5) is 22.6. The van der Waals surface area contributed by atoms with Crippen LogP contribution in [0, 0.1) is 5.92 Å². The van der Waals surface area contributed by atoms with Crippen molar-refractivity contribution in [2.24, 2.45) is 5.92 Å². The molecule has 0 unspecified atom stereocenters. The van der Waals surface area contributed by atoms with Gasteiger partial charge in [-0.25, -0.2) is 9.59 Å². The summed E-state index contributed by atoms with van der Waals surface area (Å²) >= 11 is 0. The molecule has 0 saturated carbocycles. The van der Waals surface area contributed by atoms with E-state index < -0.39 is 48.0 Å². The summed E-state index contributed by atoms with van der Waals surface area (Å²) < 4.78 is 85.1. The molecule has 10 heteroatoms. The highest BCUT2D eigenvalue weighted by molar-refractivity contribution is 5.92. The Bertz CT molecular complexity index is 436. The third-order valence-corrected chi connectivity index (χ3v) is 2.23. The monoisotopic (exact) mass is 336 g/mol. The van der Waals surface area contributed by atoms with Crippen LogP contribution >= 0.6 is 0 Å². The average Bonchev–Trinajstić information content (AvgIpc) is 2.28. The first kappa shape index (κ1) is 20.3. The molecule has 0 spiro atoms. The molecule has 0 aliphatic heterocycles. The lowest BCUT2D eigenvalue weighted by Crippen LogP contribution is -2.65. The van der Waals surface area contributed by atoms with Gasteiger partial charge in [-0.15, -0.1) is 0 Å². The van der Waals surface area contributed by atoms with Gasteiger partial charge in [0.05, 0.1) is 6.61 Å². The third-order valence-electron chi connectivity index (χ3n) is 2.23. The van der Waals surface area contributed by atoms with Gasteiger partial charge in [0.2, 0.25) is 0 Å². The van der Waals surface area contributed by atoms with Crippen molar-refractivity contribution < 1.29 is 45.4 Å². The van der Waals surface area contributed by atoms with E-state index in [0.29, 0.717) is 0 Å². The SMILES string of the molecule is C=C(C)C(=O)OC(C(=O)OCC(C)C)(C(F)(F)F)C(F)(F)F. The van der Waals surface area contributed by atoms with Crippen molar-refractivity contribution in [1.82, 2.24) is 0 Å². The fraction of sp³-hybridized carbons (Fsp3) is 0.667. The van der Waals surface area contributed by atoms with Crippen LogP contribution in [0.25, 0.3) is 0 Å². The maximum atomic E-state index is 12.9. The largest absolute Gasteiger partial charge is 0.462 e. The van der Waals surface area contributed by atoms with Crippen molar-refractivity contribution in [3.05, 3.63) is 12.2 Å². The molecule has 0 bridgehead atoms. The Hall–Kier alpha value is -1.74. The molecule has 0 aliphatic rings. The lowest BCUT2D eigenvalue weighted by atomic mass is 10.0. The number of ether oxygens (including phenoxy) is 2. The normalized spacial score (nSPS) is 13.0. The van der Waals surface area contributed by atoms with Crippen LogP contribution in [0.5, 0.6) is 0 Å². The second kappa shape index (κ2) is 6.57. The number of esters is 2. The molecule has 0 aromatic heterocycles. The second-order valence-corrected chi connectivity index (χ2v) is 4.84. The first-order valence-electron chi connectivity index (χ1n) is 5.86. The van der Waals surface area contributed by atoms with Crippen LogP contribution in [0.2, 0.25) is 0 Å². The molecule has 0 aromatic carbocycles. The van der Waals surface area contributed by atoms with E-state index in [4.69, 9.17) is 0 Å². The fourth-order valence-corrected chi connectivity index (χ4v) is 1.12. The summed E-state index contributed by atoms with van der Waals surface area (Å²) in [6, 6.07) is 0. The van der Waals surface area contributed by atoms with E-state index in [-0.39, 0.29) is 0 Å². The zero-order valence-corrected chi connectivity index (χ0v) is 11.9. The van der Waals surface area contributed by atoms with Gasteiger partial charge in [-0.2, -0.15) is 26.3 Å². The molecule has 22 heavy (non-hydrogen) atoms. The van der Waals surface area contributed by atoms with E-state index in [9.17, 15) is 35.9 Å². The molecule has 0 heterocycles. The highest BCUT2D eigenvalue weighted by Crippen LogP contribution is 2.47. The lowest BCUT2D eigenvalue weighted by Gasteiger charge is -2.34. The average molecular weight is 336 g/mol. The quantitative estimate of drug-likeness (QED) is 0.440. The lowest BCUT2D eigenvalue weighted by molar-refractivity contribution is -0.358. The zero-order chi connectivity index (χ0) is 17.9. The Morgan fingerprint density at radius 3 is 1.73 bits per heavy atom. The standard InChI is InChI=1S/C12H14F6O4/c1-6(2)5-21-9(20)10(11(13,14)15,12(16,17)18)22-8(19)7(3)4/h6H,3,5H2,1-2,4H3. The first-order valence-corrected chi connectivity index (χ1v) is 5.86. The first-order chi connectivity index (χ1) is 9.66. The van der Waals surface area contributed by atoms with Crippen molar-refractivity contribution in [1.29, 1.82) is 0 Å². The second-order valence-electron chi connectivity index (χ2n) is 4.84. The zero-order valence-electron chi connectivity index (χ0n) is 11.9. The Kier molecular flexibility index (Phi) is 6.05. The maximum absolute atomic E-state index is 12.9. The number of halogens is 6. The minimum atomic E-state index is -6.26. The summed E-state index contributed by atoms with van der Waals surface area (Å²) in [5.41, 5.74) is -6.14. The Balaban J connectivity index is 5.95. The minimum Gasteiger partial charge on any atom is -0.462 e. The number of alkyl halides is 6. The van der Waals surface area contributed by atoms with Crippen LogP contribution < -0.4 is 0 Å². The molecule has 0 amide bonds. The van der Waals surface area contributed by atoms with Crippen LogP contribution in [0.15, 0.2) is 12.2 Å². The van der Waals surface area contributed by atoms with E-state index in [1.165, 1.54) is 13.8 Å². The smallest absolute Gasteiger partial charge is 0.449 e. The van der Waals surface area contributed by atoms with Gasteiger partial charge in [0.1, 0.15) is 0 Å². The Morgan fingerprint density at radius 1 is 1.05 bits per heavy atom. The molecule has 128 valence electrons. The van der Waals surface area contributed by atoms with Crippen LogP contribution in [0.1, 0.15) is 20.8 Å². The summed E-state index contributed by atoms with van der Waals surface area (Å²) in [7, 11) is 0. The predicted octanol–water partition coefficient (Wildman–Crippen LogP) is 3.17. The number of hydrogen-bond donors (Lipinski definition) is 0. The Labute approximate surface area is 122 Å². The van der Waals surface area contributed by atoms with Crippen molar-refractivity contribution in [3.63, 3.8) is 0 Å². The highest BCUT2D eigenvalue weighted by atomic mass is 19.4. The summed E-state index contributed by atoms with van der Waals surface area (Å²) in [5, 5.41) is 0. The van der Waals surface area contributed by atoms with Gasteiger partial charge < -0.3 is 9.47 Å². The van der Waals surface area contributed by atoms with E-state index in [2.05, 4.69) is 16.1 Å². The maximum Gasteiger partial charge on any atom is 0.449 e. The molecule has 0 rings (SSSR count). The van der Waals surface area contributed by atoms with Gasteiger partial charge >= 0.3 is 29.9 Å². The van der Waals surface area contributed by atoms with E-state index in [1.807, 2.05) is 0 Å². The fourth-order valence-electron chi connectivity index (χ4n) is 1.12. The molecular formula is C12H14F6O4. The number of hydrogen-bond acceptors (Lipinski definition) is 4. The molecule has 0 aromatic rings. The molecule has 0 saturated heterocycles. The molecular weight excluding hydrogens is 322 g/mol. The van der Waals surface area contributed by atoms with Crippen molar-refractivity contribution in [2.75, 3.05) is 6.61 Å². The number of carbonyl (C=O) groups excluding carboxylic acids is 2. The van der Waals surface area contributed by atoms with Gasteiger partial charge in [-0.3, -0.25) is 0 Å². The summed E-state index contributed by atoms with van der Waals surface area (Å²) in [6.45, 7) is 5.79. The van der Waals surface area contributed by atoms with Gasteiger partial charge in [0.15, 0.2) is 0 Å². The molecule has 0 atom stereocenters. The molecule has 0 N–H and O–H groups in total. The van der Waals surface area contributed by atoms with Crippen LogP contribution in [0.3, 0.4) is 0 Å². The van der Waals surface area contributed by atoms with E-state index in [0.717, 1.165) is 6.92 Å². The predicted molar refractivity (Wildman–Crippen MR) is 61.5 cm³/mol. The minimum absolute atomic E-state index is 0.528.